The fourth-order valence-corrected chi connectivity index (χ4v) is 2.57. The van der Waals surface area contributed by atoms with E-state index < -0.39 is 0 Å². The van der Waals surface area contributed by atoms with Gasteiger partial charge < -0.3 is 10.6 Å². The minimum atomic E-state index is 0.610. The van der Waals surface area contributed by atoms with Gasteiger partial charge in [0, 0.05) is 18.4 Å². The minimum absolute atomic E-state index is 0.610. The van der Waals surface area contributed by atoms with Crippen molar-refractivity contribution in [2.24, 2.45) is 0 Å². The van der Waals surface area contributed by atoms with E-state index in [1.54, 1.807) is 6.20 Å². The molecule has 2 aromatic rings. The normalized spacial score (nSPS) is 13.4. The van der Waals surface area contributed by atoms with Crippen LogP contribution in [-0.2, 0) is 13.0 Å². The van der Waals surface area contributed by atoms with Gasteiger partial charge in [-0.3, -0.25) is 0 Å². The predicted molar refractivity (Wildman–Crippen MR) is 78.8 cm³/mol. The van der Waals surface area contributed by atoms with Gasteiger partial charge in [0.05, 0.1) is 5.56 Å². The van der Waals surface area contributed by atoms with Gasteiger partial charge in [-0.25, -0.2) is 4.98 Å². The maximum Gasteiger partial charge on any atom is 0.148 e. The van der Waals surface area contributed by atoms with Crippen molar-refractivity contribution in [3.8, 4) is 6.07 Å². The molecule has 4 nitrogen and oxygen atoms in total. The Kier molecular flexibility index (Phi) is 3.36. The summed E-state index contributed by atoms with van der Waals surface area (Å²) >= 11 is 0. The molecule has 1 aromatic heterocycles. The molecule has 0 atom stereocenters. The second kappa shape index (κ2) is 5.32. The number of pyridine rings is 1. The molecule has 0 saturated carbocycles. The van der Waals surface area contributed by atoms with Gasteiger partial charge in [-0.15, -0.1) is 0 Å². The first-order chi connectivity index (χ1) is 9.79. The van der Waals surface area contributed by atoms with Gasteiger partial charge in [0.2, 0.25) is 0 Å². The highest BCUT2D eigenvalue weighted by Gasteiger charge is 2.14. The Morgan fingerprint density at radius 1 is 1.35 bits per heavy atom. The highest BCUT2D eigenvalue weighted by Crippen LogP contribution is 2.27. The number of aromatic nitrogens is 1. The molecule has 0 saturated heterocycles. The van der Waals surface area contributed by atoms with Crippen molar-refractivity contribution in [3.63, 3.8) is 0 Å². The van der Waals surface area contributed by atoms with E-state index in [1.165, 1.54) is 11.1 Å². The number of fused-ring (bicyclic) bond motifs is 1. The summed E-state index contributed by atoms with van der Waals surface area (Å²) in [6, 6.07) is 10.3. The monoisotopic (exact) mass is 264 g/mol. The van der Waals surface area contributed by atoms with Gasteiger partial charge in [0.15, 0.2) is 0 Å². The van der Waals surface area contributed by atoms with E-state index in [9.17, 15) is 5.26 Å². The number of anilines is 2. The molecule has 0 unspecified atom stereocenters. The summed E-state index contributed by atoms with van der Waals surface area (Å²) in [5.41, 5.74) is 5.24. The Morgan fingerprint density at radius 2 is 2.25 bits per heavy atom. The Morgan fingerprint density at radius 3 is 3.10 bits per heavy atom. The number of aryl methyl sites for hydroxylation is 1. The maximum atomic E-state index is 9.28. The van der Waals surface area contributed by atoms with E-state index in [4.69, 9.17) is 0 Å². The lowest BCUT2D eigenvalue weighted by Gasteiger charge is -2.21. The van der Waals surface area contributed by atoms with Gasteiger partial charge in [0.1, 0.15) is 11.9 Å². The molecule has 100 valence electrons. The first kappa shape index (κ1) is 12.6. The lowest BCUT2D eigenvalue weighted by atomic mass is 9.99. The number of hydrogen-bond donors (Lipinski definition) is 2. The number of benzene rings is 1. The summed E-state index contributed by atoms with van der Waals surface area (Å²) in [5.74, 6) is 0.638. The molecule has 0 aliphatic carbocycles. The largest absolute Gasteiger partial charge is 0.339 e. The lowest BCUT2D eigenvalue weighted by Crippen LogP contribution is -2.24. The van der Waals surface area contributed by atoms with E-state index in [-0.39, 0.29) is 0 Å². The van der Waals surface area contributed by atoms with Crippen molar-refractivity contribution in [1.82, 2.24) is 10.3 Å². The van der Waals surface area contributed by atoms with Crippen LogP contribution in [0.1, 0.15) is 22.3 Å². The van der Waals surface area contributed by atoms with Gasteiger partial charge in [0.25, 0.3) is 0 Å². The highest BCUT2D eigenvalue weighted by atomic mass is 15.0. The standard InChI is InChI=1S/C16H16N4/c1-11-5-8-19-16(14(11)9-17)20-15-4-2-3-12-10-18-7-6-13(12)15/h2-5,8,18H,6-7,10H2,1H3,(H,19,20). The molecule has 20 heavy (non-hydrogen) atoms. The molecule has 2 heterocycles. The molecule has 1 aliphatic heterocycles. The van der Waals surface area contributed by atoms with Gasteiger partial charge >= 0.3 is 0 Å². The van der Waals surface area contributed by atoms with Crippen molar-refractivity contribution < 1.29 is 0 Å². The van der Waals surface area contributed by atoms with Gasteiger partial charge in [-0.2, -0.15) is 5.26 Å². The third-order valence-electron chi connectivity index (χ3n) is 3.66. The summed E-state index contributed by atoms with van der Waals surface area (Å²) < 4.78 is 0. The second-order valence-corrected chi connectivity index (χ2v) is 4.96. The van der Waals surface area contributed by atoms with Crippen LogP contribution in [0.25, 0.3) is 0 Å². The second-order valence-electron chi connectivity index (χ2n) is 4.96. The Balaban J connectivity index is 2.01. The quantitative estimate of drug-likeness (QED) is 0.875. The molecule has 3 rings (SSSR count). The zero-order chi connectivity index (χ0) is 13.9. The molecule has 0 fully saturated rings. The van der Waals surface area contributed by atoms with Crippen LogP contribution in [0.4, 0.5) is 11.5 Å². The Bertz CT molecular complexity index is 685. The third-order valence-corrected chi connectivity index (χ3v) is 3.66. The highest BCUT2D eigenvalue weighted by molar-refractivity contribution is 5.68. The van der Waals surface area contributed by atoms with Gasteiger partial charge in [-0.05, 0) is 48.7 Å². The van der Waals surface area contributed by atoms with Crippen LogP contribution in [0.5, 0.6) is 0 Å². The Hall–Kier alpha value is -2.38. The Labute approximate surface area is 118 Å². The number of hydrogen-bond acceptors (Lipinski definition) is 4. The van der Waals surface area contributed by atoms with Crippen molar-refractivity contribution in [3.05, 3.63) is 52.7 Å². The molecule has 0 spiro atoms. The van der Waals surface area contributed by atoms with E-state index in [2.05, 4.69) is 33.8 Å². The van der Waals surface area contributed by atoms with E-state index in [0.29, 0.717) is 11.4 Å². The molecular formula is C16H16N4. The maximum absolute atomic E-state index is 9.28. The number of nitrogens with one attached hydrogen (secondary N) is 2. The number of nitriles is 1. The average molecular weight is 264 g/mol. The minimum Gasteiger partial charge on any atom is -0.339 e. The van der Waals surface area contributed by atoms with Crippen molar-refractivity contribution in [2.75, 3.05) is 11.9 Å². The van der Waals surface area contributed by atoms with Crippen molar-refractivity contribution in [1.29, 1.82) is 5.26 Å². The number of nitrogens with zero attached hydrogens (tertiary/aromatic N) is 2. The van der Waals surface area contributed by atoms with E-state index in [1.807, 2.05) is 19.1 Å². The average Bonchev–Trinajstić information content (AvgIpc) is 2.48. The fourth-order valence-electron chi connectivity index (χ4n) is 2.57. The van der Waals surface area contributed by atoms with Crippen LogP contribution in [-0.4, -0.2) is 11.5 Å². The summed E-state index contributed by atoms with van der Waals surface area (Å²) in [6.07, 6.45) is 2.72. The smallest absolute Gasteiger partial charge is 0.148 e. The summed E-state index contributed by atoms with van der Waals surface area (Å²) in [4.78, 5) is 4.31. The van der Waals surface area contributed by atoms with Crippen molar-refractivity contribution in [2.45, 2.75) is 19.9 Å². The SMILES string of the molecule is Cc1ccnc(Nc2cccc3c2CCNC3)c1C#N. The van der Waals surface area contributed by atoms with Gasteiger partial charge in [-0.1, -0.05) is 12.1 Å². The zero-order valence-electron chi connectivity index (χ0n) is 11.4. The summed E-state index contributed by atoms with van der Waals surface area (Å²) in [6.45, 7) is 3.81. The number of rotatable bonds is 2. The summed E-state index contributed by atoms with van der Waals surface area (Å²) in [5, 5.41) is 16.0. The predicted octanol–water partition coefficient (Wildman–Crippen LogP) is 2.65. The van der Waals surface area contributed by atoms with E-state index >= 15 is 0 Å². The van der Waals surface area contributed by atoms with Crippen LogP contribution in [0.3, 0.4) is 0 Å². The summed E-state index contributed by atoms with van der Waals surface area (Å²) in [7, 11) is 0. The first-order valence-corrected chi connectivity index (χ1v) is 6.74. The molecule has 0 bridgehead atoms. The molecule has 0 amide bonds. The third kappa shape index (κ3) is 2.24. The molecule has 4 heteroatoms. The molecule has 1 aliphatic rings. The first-order valence-electron chi connectivity index (χ1n) is 6.74. The molecule has 0 radical (unpaired) electrons. The molecule has 1 aromatic carbocycles. The fraction of sp³-hybridized carbons (Fsp3) is 0.250. The van der Waals surface area contributed by atoms with Crippen LogP contribution in [0.15, 0.2) is 30.5 Å². The zero-order valence-corrected chi connectivity index (χ0v) is 11.4. The van der Waals surface area contributed by atoms with Crippen LogP contribution >= 0.6 is 0 Å². The lowest BCUT2D eigenvalue weighted by molar-refractivity contribution is 0.645. The van der Waals surface area contributed by atoms with Crippen LogP contribution in [0.2, 0.25) is 0 Å². The van der Waals surface area contributed by atoms with Crippen LogP contribution in [0, 0.1) is 18.3 Å². The van der Waals surface area contributed by atoms with Crippen LogP contribution < -0.4 is 10.6 Å². The molecular weight excluding hydrogens is 248 g/mol. The topological polar surface area (TPSA) is 60.7 Å². The molecule has 2 N–H and O–H groups in total. The van der Waals surface area contributed by atoms with E-state index in [0.717, 1.165) is 30.8 Å². The van der Waals surface area contributed by atoms with Crippen molar-refractivity contribution >= 4 is 11.5 Å².